The first kappa shape index (κ1) is 14.1. The molecule has 1 atom stereocenters. The lowest BCUT2D eigenvalue weighted by atomic mass is 9.77. The third kappa shape index (κ3) is 3.18. The van der Waals surface area contributed by atoms with E-state index >= 15 is 0 Å². The van der Waals surface area contributed by atoms with Gasteiger partial charge in [-0.05, 0) is 42.7 Å². The van der Waals surface area contributed by atoms with E-state index in [1.165, 1.54) is 0 Å². The van der Waals surface area contributed by atoms with Crippen LogP contribution < -0.4 is 0 Å². The standard InChI is InChI=1S/C15H18ClNO2/c16-13-5-3-12(4-6-13)10-15(11-19,7-9-18)14-2-1-8-17-14/h1-6,8,17-19H,7,9-11H2. The third-order valence-corrected chi connectivity index (χ3v) is 3.77. The average molecular weight is 280 g/mol. The molecule has 19 heavy (non-hydrogen) atoms. The average Bonchev–Trinajstić information content (AvgIpc) is 2.95. The van der Waals surface area contributed by atoms with Crippen molar-refractivity contribution >= 4 is 11.6 Å². The van der Waals surface area contributed by atoms with E-state index in [4.69, 9.17) is 11.6 Å². The molecule has 0 radical (unpaired) electrons. The number of aromatic amines is 1. The number of H-pyrrole nitrogens is 1. The molecule has 3 nitrogen and oxygen atoms in total. The van der Waals surface area contributed by atoms with Crippen molar-refractivity contribution < 1.29 is 10.2 Å². The van der Waals surface area contributed by atoms with Crippen LogP contribution in [0.15, 0.2) is 42.6 Å². The fourth-order valence-corrected chi connectivity index (χ4v) is 2.53. The summed E-state index contributed by atoms with van der Waals surface area (Å²) in [5.74, 6) is 0. The van der Waals surface area contributed by atoms with Crippen molar-refractivity contribution in [2.24, 2.45) is 0 Å². The van der Waals surface area contributed by atoms with Crippen LogP contribution in [0.3, 0.4) is 0 Å². The minimum Gasteiger partial charge on any atom is -0.396 e. The summed E-state index contributed by atoms with van der Waals surface area (Å²) in [6, 6.07) is 11.4. The Balaban J connectivity index is 2.30. The number of aliphatic hydroxyl groups is 2. The number of rotatable bonds is 6. The van der Waals surface area contributed by atoms with E-state index in [1.54, 1.807) is 0 Å². The molecule has 1 heterocycles. The summed E-state index contributed by atoms with van der Waals surface area (Å²) in [4.78, 5) is 3.15. The molecule has 3 N–H and O–H groups in total. The second-order valence-corrected chi connectivity index (χ2v) is 5.24. The smallest absolute Gasteiger partial charge is 0.0546 e. The summed E-state index contributed by atoms with van der Waals surface area (Å²) >= 11 is 5.88. The van der Waals surface area contributed by atoms with Crippen molar-refractivity contribution in [2.75, 3.05) is 13.2 Å². The molecule has 4 heteroatoms. The Bertz CT molecular complexity index is 495. The van der Waals surface area contributed by atoms with E-state index in [2.05, 4.69) is 4.98 Å². The Morgan fingerprint density at radius 2 is 1.84 bits per heavy atom. The predicted molar refractivity (Wildman–Crippen MR) is 76.4 cm³/mol. The lowest BCUT2D eigenvalue weighted by molar-refractivity contribution is 0.148. The first-order valence-electron chi connectivity index (χ1n) is 6.30. The molecule has 0 spiro atoms. The Kier molecular flexibility index (Phi) is 4.64. The van der Waals surface area contributed by atoms with Gasteiger partial charge >= 0.3 is 0 Å². The van der Waals surface area contributed by atoms with Gasteiger partial charge in [-0.15, -0.1) is 0 Å². The van der Waals surface area contributed by atoms with Gasteiger partial charge in [-0.2, -0.15) is 0 Å². The molecule has 0 saturated heterocycles. The quantitative estimate of drug-likeness (QED) is 0.761. The molecule has 2 rings (SSSR count). The van der Waals surface area contributed by atoms with Crippen LogP contribution in [0.25, 0.3) is 0 Å². The van der Waals surface area contributed by atoms with Gasteiger partial charge in [-0.25, -0.2) is 0 Å². The van der Waals surface area contributed by atoms with Gasteiger partial charge in [0, 0.05) is 28.9 Å². The van der Waals surface area contributed by atoms with E-state index in [1.807, 2.05) is 42.6 Å². The fraction of sp³-hybridized carbons (Fsp3) is 0.333. The maximum Gasteiger partial charge on any atom is 0.0546 e. The molecule has 1 aromatic carbocycles. The number of hydrogen-bond acceptors (Lipinski definition) is 2. The van der Waals surface area contributed by atoms with Crippen molar-refractivity contribution in [3.8, 4) is 0 Å². The van der Waals surface area contributed by atoms with Crippen molar-refractivity contribution in [2.45, 2.75) is 18.3 Å². The van der Waals surface area contributed by atoms with Crippen LogP contribution in [0.1, 0.15) is 17.7 Å². The molecule has 2 aromatic rings. The van der Waals surface area contributed by atoms with Gasteiger partial charge in [0.2, 0.25) is 0 Å². The maximum atomic E-state index is 9.84. The maximum absolute atomic E-state index is 9.84. The van der Waals surface area contributed by atoms with Gasteiger partial charge in [0.05, 0.1) is 6.61 Å². The van der Waals surface area contributed by atoms with Crippen LogP contribution in [0.4, 0.5) is 0 Å². The van der Waals surface area contributed by atoms with E-state index in [0.717, 1.165) is 11.3 Å². The van der Waals surface area contributed by atoms with Crippen molar-refractivity contribution in [1.29, 1.82) is 0 Å². The molecule has 1 aromatic heterocycles. The summed E-state index contributed by atoms with van der Waals surface area (Å²) in [6.07, 6.45) is 2.99. The summed E-state index contributed by atoms with van der Waals surface area (Å²) < 4.78 is 0. The van der Waals surface area contributed by atoms with Crippen LogP contribution >= 0.6 is 11.6 Å². The van der Waals surface area contributed by atoms with Crippen LogP contribution in [-0.2, 0) is 11.8 Å². The van der Waals surface area contributed by atoms with Crippen molar-refractivity contribution in [3.63, 3.8) is 0 Å². The van der Waals surface area contributed by atoms with Crippen molar-refractivity contribution in [1.82, 2.24) is 4.98 Å². The number of halogens is 1. The molecule has 0 aliphatic heterocycles. The third-order valence-electron chi connectivity index (χ3n) is 3.52. The summed E-state index contributed by atoms with van der Waals surface area (Å²) in [5, 5.41) is 19.8. The van der Waals surface area contributed by atoms with Gasteiger partial charge in [0.1, 0.15) is 0 Å². The fourth-order valence-electron chi connectivity index (χ4n) is 2.41. The molecule has 0 saturated carbocycles. The lowest BCUT2D eigenvalue weighted by Gasteiger charge is -2.31. The Morgan fingerprint density at radius 1 is 1.11 bits per heavy atom. The van der Waals surface area contributed by atoms with Crippen LogP contribution in [0.5, 0.6) is 0 Å². The zero-order valence-corrected chi connectivity index (χ0v) is 11.4. The topological polar surface area (TPSA) is 56.2 Å². The van der Waals surface area contributed by atoms with Gasteiger partial charge in [-0.3, -0.25) is 0 Å². The van der Waals surface area contributed by atoms with Crippen LogP contribution in [0.2, 0.25) is 5.02 Å². The molecule has 1 unspecified atom stereocenters. The van der Waals surface area contributed by atoms with Gasteiger partial charge in [0.15, 0.2) is 0 Å². The molecule has 0 fully saturated rings. The molecule has 0 bridgehead atoms. The lowest BCUT2D eigenvalue weighted by Crippen LogP contribution is -2.35. The Morgan fingerprint density at radius 3 is 2.37 bits per heavy atom. The summed E-state index contributed by atoms with van der Waals surface area (Å²) in [6.45, 7) is 0.0177. The minimum atomic E-state index is -0.480. The first-order valence-corrected chi connectivity index (χ1v) is 6.68. The molecular formula is C15H18ClNO2. The number of nitrogens with one attached hydrogen (secondary N) is 1. The molecule has 102 valence electrons. The van der Waals surface area contributed by atoms with E-state index in [0.29, 0.717) is 17.9 Å². The highest BCUT2D eigenvalue weighted by molar-refractivity contribution is 6.30. The number of benzene rings is 1. The number of hydrogen-bond donors (Lipinski definition) is 3. The van der Waals surface area contributed by atoms with E-state index in [-0.39, 0.29) is 13.2 Å². The molecule has 0 aliphatic rings. The second kappa shape index (κ2) is 6.24. The van der Waals surface area contributed by atoms with Crippen LogP contribution in [-0.4, -0.2) is 28.4 Å². The highest BCUT2D eigenvalue weighted by Gasteiger charge is 2.32. The second-order valence-electron chi connectivity index (χ2n) is 4.80. The summed E-state index contributed by atoms with van der Waals surface area (Å²) in [5.41, 5.74) is 1.55. The van der Waals surface area contributed by atoms with Gasteiger partial charge in [0.25, 0.3) is 0 Å². The minimum absolute atomic E-state index is 0.0172. The monoisotopic (exact) mass is 279 g/mol. The highest BCUT2D eigenvalue weighted by Crippen LogP contribution is 2.31. The van der Waals surface area contributed by atoms with Gasteiger partial charge < -0.3 is 15.2 Å². The van der Waals surface area contributed by atoms with E-state index in [9.17, 15) is 10.2 Å². The number of aromatic nitrogens is 1. The first-order chi connectivity index (χ1) is 9.20. The Labute approximate surface area is 117 Å². The zero-order valence-electron chi connectivity index (χ0n) is 10.6. The Hall–Kier alpha value is -1.29. The molecule has 0 aliphatic carbocycles. The van der Waals surface area contributed by atoms with Gasteiger partial charge in [-0.1, -0.05) is 23.7 Å². The normalized spacial score (nSPS) is 14.3. The number of aliphatic hydroxyl groups excluding tert-OH is 2. The molecular weight excluding hydrogens is 262 g/mol. The van der Waals surface area contributed by atoms with E-state index < -0.39 is 5.41 Å². The van der Waals surface area contributed by atoms with Crippen molar-refractivity contribution in [3.05, 3.63) is 58.9 Å². The molecule has 0 amide bonds. The van der Waals surface area contributed by atoms with Crippen LogP contribution in [0, 0.1) is 0 Å². The predicted octanol–water partition coefficient (Wildman–Crippen LogP) is 2.52. The SMILES string of the molecule is OCCC(CO)(Cc1ccc(Cl)cc1)c1ccc[nH]1. The largest absolute Gasteiger partial charge is 0.396 e. The zero-order chi connectivity index (χ0) is 13.7. The summed E-state index contributed by atoms with van der Waals surface area (Å²) in [7, 11) is 0. The highest BCUT2D eigenvalue weighted by atomic mass is 35.5.